The molecule has 0 unspecified atom stereocenters. The molecule has 1 amide bonds. The standard InChI is InChI=1S/C13H17ClN2O2.ClH/c14-11-1-3-12(4-2-11)15-13(17)5-6-16-7-9-18-10-8-16;/h1-4H,5-10H2,(H,15,17);1H/p-1. The number of carbonyl (C=O) groups excluding carboxylic acids is 1. The summed E-state index contributed by atoms with van der Waals surface area (Å²) in [6, 6.07) is 7.13. The van der Waals surface area contributed by atoms with Crippen molar-refractivity contribution in [3.8, 4) is 0 Å². The summed E-state index contributed by atoms with van der Waals surface area (Å²) in [4.78, 5) is 14.0. The smallest absolute Gasteiger partial charge is 0.225 e. The fourth-order valence-corrected chi connectivity index (χ4v) is 1.97. The zero-order valence-electron chi connectivity index (χ0n) is 10.6. The largest absolute Gasteiger partial charge is 1.00 e. The van der Waals surface area contributed by atoms with E-state index in [0.29, 0.717) is 11.4 Å². The van der Waals surface area contributed by atoms with E-state index in [1.165, 1.54) is 0 Å². The second-order valence-electron chi connectivity index (χ2n) is 4.26. The lowest BCUT2D eigenvalue weighted by Gasteiger charge is -2.26. The van der Waals surface area contributed by atoms with E-state index < -0.39 is 0 Å². The molecule has 1 saturated heterocycles. The molecule has 19 heavy (non-hydrogen) atoms. The number of ether oxygens (including phenoxy) is 1. The van der Waals surface area contributed by atoms with Gasteiger partial charge < -0.3 is 22.5 Å². The molecule has 1 heterocycles. The zero-order chi connectivity index (χ0) is 12.8. The van der Waals surface area contributed by atoms with Crippen LogP contribution in [-0.4, -0.2) is 43.7 Å². The number of amides is 1. The van der Waals surface area contributed by atoms with E-state index in [2.05, 4.69) is 10.2 Å². The normalized spacial score (nSPS) is 15.6. The van der Waals surface area contributed by atoms with Gasteiger partial charge in [0, 0.05) is 36.8 Å². The van der Waals surface area contributed by atoms with Crippen LogP contribution in [0.4, 0.5) is 5.69 Å². The number of rotatable bonds is 4. The number of halogens is 2. The Balaban J connectivity index is 0.00000180. The molecule has 0 bridgehead atoms. The second kappa shape index (κ2) is 8.38. The van der Waals surface area contributed by atoms with Gasteiger partial charge in [0.1, 0.15) is 0 Å². The number of morpholine rings is 1. The summed E-state index contributed by atoms with van der Waals surface area (Å²) in [5.41, 5.74) is 0.784. The molecule has 106 valence electrons. The van der Waals surface area contributed by atoms with Crippen molar-refractivity contribution in [2.75, 3.05) is 38.2 Å². The lowest BCUT2D eigenvalue weighted by molar-refractivity contribution is -0.116. The van der Waals surface area contributed by atoms with Crippen LogP contribution in [0.3, 0.4) is 0 Å². The van der Waals surface area contributed by atoms with Crippen molar-refractivity contribution >= 4 is 23.2 Å². The predicted octanol–water partition coefficient (Wildman–Crippen LogP) is -0.995. The summed E-state index contributed by atoms with van der Waals surface area (Å²) < 4.78 is 5.26. The van der Waals surface area contributed by atoms with Crippen molar-refractivity contribution in [3.63, 3.8) is 0 Å². The van der Waals surface area contributed by atoms with E-state index in [1.807, 2.05) is 0 Å². The minimum Gasteiger partial charge on any atom is -1.00 e. The van der Waals surface area contributed by atoms with E-state index in [0.717, 1.165) is 38.5 Å². The van der Waals surface area contributed by atoms with Crippen LogP contribution in [0.1, 0.15) is 6.42 Å². The van der Waals surface area contributed by atoms with Crippen molar-refractivity contribution < 1.29 is 21.9 Å². The highest BCUT2D eigenvalue weighted by Gasteiger charge is 2.11. The molecular formula is C13H17Cl2N2O2-. The van der Waals surface area contributed by atoms with Crippen LogP contribution in [0.25, 0.3) is 0 Å². The number of nitrogens with zero attached hydrogens (tertiary/aromatic N) is 1. The van der Waals surface area contributed by atoms with Crippen molar-refractivity contribution in [2.24, 2.45) is 0 Å². The summed E-state index contributed by atoms with van der Waals surface area (Å²) in [7, 11) is 0. The van der Waals surface area contributed by atoms with Crippen molar-refractivity contribution in [1.82, 2.24) is 4.90 Å². The van der Waals surface area contributed by atoms with Gasteiger partial charge in [-0.1, -0.05) is 11.6 Å². The SMILES string of the molecule is O=C(CCN1CCOCC1)Nc1ccc(Cl)cc1.[Cl-]. The Bertz CT molecular complexity index is 392. The van der Waals surface area contributed by atoms with Gasteiger partial charge in [-0.3, -0.25) is 9.69 Å². The summed E-state index contributed by atoms with van der Waals surface area (Å²) in [5, 5.41) is 3.52. The molecule has 0 radical (unpaired) electrons. The molecule has 2 rings (SSSR count). The fraction of sp³-hybridized carbons (Fsp3) is 0.462. The Kier molecular flexibility index (Phi) is 7.16. The fourth-order valence-electron chi connectivity index (χ4n) is 1.84. The molecule has 0 aliphatic carbocycles. The van der Waals surface area contributed by atoms with Gasteiger partial charge in [0.2, 0.25) is 5.91 Å². The van der Waals surface area contributed by atoms with Gasteiger partial charge in [0.25, 0.3) is 0 Å². The van der Waals surface area contributed by atoms with Gasteiger partial charge in [-0.2, -0.15) is 0 Å². The molecule has 1 aromatic rings. The molecule has 0 saturated carbocycles. The highest BCUT2D eigenvalue weighted by molar-refractivity contribution is 6.30. The van der Waals surface area contributed by atoms with E-state index in [-0.39, 0.29) is 18.3 Å². The van der Waals surface area contributed by atoms with Crippen LogP contribution < -0.4 is 17.7 Å². The maximum Gasteiger partial charge on any atom is 0.225 e. The van der Waals surface area contributed by atoms with Crippen LogP contribution in [0.15, 0.2) is 24.3 Å². The average molecular weight is 304 g/mol. The third-order valence-electron chi connectivity index (χ3n) is 2.89. The Morgan fingerprint density at radius 2 is 1.89 bits per heavy atom. The number of hydrogen-bond donors (Lipinski definition) is 1. The lowest BCUT2D eigenvalue weighted by Crippen LogP contribution is -3.00. The minimum absolute atomic E-state index is 0. The van der Waals surface area contributed by atoms with Gasteiger partial charge in [-0.15, -0.1) is 0 Å². The Morgan fingerprint density at radius 1 is 1.26 bits per heavy atom. The molecule has 1 aromatic carbocycles. The quantitative estimate of drug-likeness (QED) is 0.776. The molecule has 0 atom stereocenters. The lowest BCUT2D eigenvalue weighted by atomic mass is 10.3. The first kappa shape index (κ1) is 16.2. The van der Waals surface area contributed by atoms with Gasteiger partial charge in [0.15, 0.2) is 0 Å². The van der Waals surface area contributed by atoms with Gasteiger partial charge in [-0.25, -0.2) is 0 Å². The number of benzene rings is 1. The monoisotopic (exact) mass is 303 g/mol. The third kappa shape index (κ3) is 5.78. The topological polar surface area (TPSA) is 41.6 Å². The number of hydrogen-bond acceptors (Lipinski definition) is 3. The maximum absolute atomic E-state index is 11.7. The van der Waals surface area contributed by atoms with E-state index in [1.54, 1.807) is 24.3 Å². The zero-order valence-corrected chi connectivity index (χ0v) is 12.1. The number of nitrogens with one attached hydrogen (secondary N) is 1. The first-order valence-corrected chi connectivity index (χ1v) is 6.47. The van der Waals surface area contributed by atoms with Crippen LogP contribution >= 0.6 is 11.6 Å². The van der Waals surface area contributed by atoms with Crippen LogP contribution in [-0.2, 0) is 9.53 Å². The third-order valence-corrected chi connectivity index (χ3v) is 3.14. The summed E-state index contributed by atoms with van der Waals surface area (Å²) in [6.45, 7) is 4.13. The molecular weight excluding hydrogens is 287 g/mol. The maximum atomic E-state index is 11.7. The second-order valence-corrected chi connectivity index (χ2v) is 4.70. The first-order valence-electron chi connectivity index (χ1n) is 6.09. The van der Waals surface area contributed by atoms with Crippen LogP contribution in [0.2, 0.25) is 5.02 Å². The van der Waals surface area contributed by atoms with Gasteiger partial charge in [-0.05, 0) is 24.3 Å². The molecule has 1 fully saturated rings. The molecule has 0 spiro atoms. The highest BCUT2D eigenvalue weighted by Crippen LogP contribution is 2.13. The van der Waals surface area contributed by atoms with E-state index in [4.69, 9.17) is 16.3 Å². The average Bonchev–Trinajstić information content (AvgIpc) is 2.40. The molecule has 1 aliphatic heterocycles. The molecule has 6 heteroatoms. The van der Waals surface area contributed by atoms with E-state index in [9.17, 15) is 4.79 Å². The summed E-state index contributed by atoms with van der Waals surface area (Å²) >= 11 is 5.78. The predicted molar refractivity (Wildman–Crippen MR) is 72.0 cm³/mol. The van der Waals surface area contributed by atoms with Crippen molar-refractivity contribution in [3.05, 3.63) is 29.3 Å². The van der Waals surface area contributed by atoms with E-state index >= 15 is 0 Å². The first-order chi connectivity index (χ1) is 8.74. The van der Waals surface area contributed by atoms with Crippen LogP contribution in [0.5, 0.6) is 0 Å². The molecule has 4 nitrogen and oxygen atoms in total. The molecule has 0 aromatic heterocycles. The summed E-state index contributed by atoms with van der Waals surface area (Å²) in [6.07, 6.45) is 0.503. The van der Waals surface area contributed by atoms with Crippen molar-refractivity contribution in [2.45, 2.75) is 6.42 Å². The van der Waals surface area contributed by atoms with Gasteiger partial charge >= 0.3 is 0 Å². The molecule has 1 N–H and O–H groups in total. The number of carbonyl (C=O) groups is 1. The highest BCUT2D eigenvalue weighted by atomic mass is 35.5. The van der Waals surface area contributed by atoms with Gasteiger partial charge in [0.05, 0.1) is 13.2 Å². The molecule has 1 aliphatic rings. The Hall–Kier alpha value is -0.810. The summed E-state index contributed by atoms with van der Waals surface area (Å²) in [5.74, 6) is 0.0313. The number of anilines is 1. The Morgan fingerprint density at radius 3 is 2.53 bits per heavy atom. The van der Waals surface area contributed by atoms with Crippen LogP contribution in [0, 0.1) is 0 Å². The minimum atomic E-state index is 0. The van der Waals surface area contributed by atoms with Crippen molar-refractivity contribution in [1.29, 1.82) is 0 Å². The Labute approximate surface area is 124 Å².